The number of carbonyl (C=O) groups excluding carboxylic acids is 3. The SMILES string of the molecule is CC[C@H](C)[C@@H]([C@@H](CC(=O)N1CCC[C@H]1[C@H](OC)[C@@H](C)C(=O)N[C@@H](CC1=CC(C)C(C)=CC1C)C(=O)O)OC)N(C)C(=O)CC(C)C. The molecule has 0 saturated carbocycles. The van der Waals surface area contributed by atoms with Gasteiger partial charge >= 0.3 is 5.97 Å². The molecule has 1 aliphatic carbocycles. The summed E-state index contributed by atoms with van der Waals surface area (Å²) in [5.74, 6) is -1.63. The molecule has 10 nitrogen and oxygen atoms in total. The molecule has 262 valence electrons. The molecule has 1 saturated heterocycles. The minimum Gasteiger partial charge on any atom is -0.480 e. The summed E-state index contributed by atoms with van der Waals surface area (Å²) in [6, 6.07) is -1.69. The quantitative estimate of drug-likeness (QED) is 0.211. The van der Waals surface area contributed by atoms with E-state index >= 15 is 0 Å². The van der Waals surface area contributed by atoms with Crippen LogP contribution in [0.3, 0.4) is 0 Å². The minimum absolute atomic E-state index is 0.0307. The molecule has 1 fully saturated rings. The van der Waals surface area contributed by atoms with Crippen molar-refractivity contribution in [3.8, 4) is 0 Å². The molecule has 0 radical (unpaired) electrons. The molecule has 0 aromatic carbocycles. The zero-order valence-electron chi connectivity index (χ0n) is 30.2. The average molecular weight is 648 g/mol. The van der Waals surface area contributed by atoms with Gasteiger partial charge in [-0.15, -0.1) is 0 Å². The number of aliphatic carboxylic acids is 1. The maximum atomic E-state index is 13.9. The lowest BCUT2D eigenvalue weighted by atomic mass is 9.82. The summed E-state index contributed by atoms with van der Waals surface area (Å²) >= 11 is 0. The number of nitrogens with one attached hydrogen (secondary N) is 1. The number of likely N-dealkylation sites (N-methyl/N-ethyl adjacent to an activating group) is 1. The molecular formula is C36H61N3O7. The molecule has 0 aromatic heterocycles. The Morgan fingerprint density at radius 3 is 2.24 bits per heavy atom. The second-order valence-electron chi connectivity index (χ2n) is 14.1. The topological polar surface area (TPSA) is 125 Å². The van der Waals surface area contributed by atoms with Gasteiger partial charge in [0, 0.05) is 34.2 Å². The lowest BCUT2D eigenvalue weighted by Gasteiger charge is -2.39. The normalized spacial score (nSPS) is 23.9. The van der Waals surface area contributed by atoms with Crippen LogP contribution < -0.4 is 5.32 Å². The molecule has 1 heterocycles. The molecule has 3 amide bonds. The lowest BCUT2D eigenvalue weighted by Crippen LogP contribution is -2.54. The summed E-state index contributed by atoms with van der Waals surface area (Å²) in [6.07, 6.45) is 6.12. The highest BCUT2D eigenvalue weighted by atomic mass is 16.5. The van der Waals surface area contributed by atoms with Crippen LogP contribution >= 0.6 is 0 Å². The van der Waals surface area contributed by atoms with Gasteiger partial charge in [-0.25, -0.2) is 4.79 Å². The first kappa shape index (κ1) is 39.5. The minimum atomic E-state index is -1.09. The van der Waals surface area contributed by atoms with Crippen LogP contribution in [0.4, 0.5) is 0 Å². The fourth-order valence-electron chi connectivity index (χ4n) is 7.07. The monoisotopic (exact) mass is 647 g/mol. The van der Waals surface area contributed by atoms with Gasteiger partial charge in [-0.2, -0.15) is 0 Å². The number of nitrogens with zero attached hydrogens (tertiary/aromatic N) is 2. The van der Waals surface area contributed by atoms with Crippen molar-refractivity contribution >= 4 is 23.7 Å². The Morgan fingerprint density at radius 2 is 1.70 bits per heavy atom. The number of rotatable bonds is 17. The highest BCUT2D eigenvalue weighted by molar-refractivity contribution is 5.85. The van der Waals surface area contributed by atoms with Gasteiger partial charge in [-0.05, 0) is 49.9 Å². The number of allylic oxidation sites excluding steroid dienone is 3. The van der Waals surface area contributed by atoms with Crippen molar-refractivity contribution < 1.29 is 33.8 Å². The Bertz CT molecular complexity index is 1120. The van der Waals surface area contributed by atoms with Gasteiger partial charge < -0.3 is 29.7 Å². The van der Waals surface area contributed by atoms with Crippen molar-refractivity contribution in [2.75, 3.05) is 27.8 Å². The van der Waals surface area contributed by atoms with Gasteiger partial charge in [-0.3, -0.25) is 14.4 Å². The summed E-state index contributed by atoms with van der Waals surface area (Å²) in [4.78, 5) is 56.2. The van der Waals surface area contributed by atoms with E-state index in [-0.39, 0.29) is 60.4 Å². The van der Waals surface area contributed by atoms with Crippen molar-refractivity contribution in [1.29, 1.82) is 0 Å². The van der Waals surface area contributed by atoms with Gasteiger partial charge in [0.25, 0.3) is 0 Å². The first-order chi connectivity index (χ1) is 21.6. The molecule has 46 heavy (non-hydrogen) atoms. The third-order valence-electron chi connectivity index (χ3n) is 10.2. The zero-order chi connectivity index (χ0) is 34.9. The fourth-order valence-corrected chi connectivity index (χ4v) is 7.07. The Kier molecular flexibility index (Phi) is 15.4. The molecular weight excluding hydrogens is 586 g/mol. The fraction of sp³-hybridized carbons (Fsp3) is 0.778. The standard InChI is InChI=1S/C36H61N3O7/c1-12-22(4)33(38(9)31(40)16-21(2)3)30(45-10)20-32(41)39-15-13-14-29(39)34(46-11)26(8)35(42)37-28(36(43)44)19-27-18-24(6)23(5)17-25(27)7/h17-18,21-22,24-26,28-30,33-34H,12-16,19-20H2,1-11H3,(H,37,42)(H,43,44)/t22-,24?,25?,26+,28-,29-,30+,33-,34+/m0/s1. The van der Waals surface area contributed by atoms with E-state index in [4.69, 9.17) is 9.47 Å². The summed E-state index contributed by atoms with van der Waals surface area (Å²) in [5, 5.41) is 12.8. The van der Waals surface area contributed by atoms with Gasteiger partial charge in [0.15, 0.2) is 0 Å². The van der Waals surface area contributed by atoms with Crippen LogP contribution in [0.2, 0.25) is 0 Å². The molecule has 0 aromatic rings. The Balaban J connectivity index is 2.19. The largest absolute Gasteiger partial charge is 0.480 e. The Labute approximate surface area is 277 Å². The van der Waals surface area contributed by atoms with E-state index < -0.39 is 36.0 Å². The van der Waals surface area contributed by atoms with Crippen LogP contribution in [0.1, 0.15) is 93.9 Å². The van der Waals surface area contributed by atoms with Crippen LogP contribution in [0.5, 0.6) is 0 Å². The number of likely N-dealkylation sites (tertiary alicyclic amines) is 1. The molecule has 1 aliphatic heterocycles. The van der Waals surface area contributed by atoms with Crippen molar-refractivity contribution in [2.24, 2.45) is 29.6 Å². The van der Waals surface area contributed by atoms with Gasteiger partial charge in [0.2, 0.25) is 17.7 Å². The van der Waals surface area contributed by atoms with Crippen LogP contribution in [-0.2, 0) is 28.7 Å². The first-order valence-corrected chi connectivity index (χ1v) is 17.1. The molecule has 9 atom stereocenters. The summed E-state index contributed by atoms with van der Waals surface area (Å²) in [5.41, 5.74) is 2.24. The molecule has 2 unspecified atom stereocenters. The highest BCUT2D eigenvalue weighted by Gasteiger charge is 2.42. The number of hydrogen-bond acceptors (Lipinski definition) is 6. The molecule has 0 spiro atoms. The van der Waals surface area contributed by atoms with E-state index in [0.717, 1.165) is 18.4 Å². The van der Waals surface area contributed by atoms with Crippen LogP contribution in [-0.4, -0.2) is 96.7 Å². The van der Waals surface area contributed by atoms with Crippen molar-refractivity contribution in [3.63, 3.8) is 0 Å². The number of carboxylic acid groups (broad SMARTS) is 1. The second-order valence-corrected chi connectivity index (χ2v) is 14.1. The van der Waals surface area contributed by atoms with E-state index in [0.29, 0.717) is 19.4 Å². The lowest BCUT2D eigenvalue weighted by molar-refractivity contribution is -0.147. The van der Waals surface area contributed by atoms with Crippen LogP contribution in [0.25, 0.3) is 0 Å². The third-order valence-corrected chi connectivity index (χ3v) is 10.2. The molecule has 0 bridgehead atoms. The number of methoxy groups -OCH3 is 2. The number of hydrogen-bond donors (Lipinski definition) is 2. The number of carboxylic acids is 1. The highest BCUT2D eigenvalue weighted by Crippen LogP contribution is 2.31. The predicted molar refractivity (Wildman–Crippen MR) is 180 cm³/mol. The van der Waals surface area contributed by atoms with Crippen LogP contribution in [0.15, 0.2) is 23.3 Å². The zero-order valence-corrected chi connectivity index (χ0v) is 30.2. The average Bonchev–Trinajstić information content (AvgIpc) is 3.48. The molecule has 2 rings (SSSR count). The smallest absolute Gasteiger partial charge is 0.326 e. The molecule has 10 heteroatoms. The predicted octanol–water partition coefficient (Wildman–Crippen LogP) is 5.07. The Morgan fingerprint density at radius 1 is 1.04 bits per heavy atom. The maximum Gasteiger partial charge on any atom is 0.326 e. The Hall–Kier alpha value is -2.72. The summed E-state index contributed by atoms with van der Waals surface area (Å²) < 4.78 is 11.8. The number of amides is 3. The van der Waals surface area contributed by atoms with Gasteiger partial charge in [0.1, 0.15) is 6.04 Å². The summed E-state index contributed by atoms with van der Waals surface area (Å²) in [6.45, 7) is 16.6. The number of carbonyl (C=O) groups is 4. The van der Waals surface area contributed by atoms with Crippen molar-refractivity contribution in [2.45, 2.75) is 124 Å². The number of ether oxygens (including phenoxy) is 2. The second kappa shape index (κ2) is 18.0. The molecule has 2 N–H and O–H groups in total. The van der Waals surface area contributed by atoms with Gasteiger partial charge in [-0.1, -0.05) is 78.2 Å². The van der Waals surface area contributed by atoms with E-state index in [1.807, 2.05) is 20.8 Å². The first-order valence-electron chi connectivity index (χ1n) is 17.1. The van der Waals surface area contributed by atoms with Gasteiger partial charge in [0.05, 0.1) is 36.6 Å². The summed E-state index contributed by atoms with van der Waals surface area (Å²) in [7, 11) is 4.91. The van der Waals surface area contributed by atoms with Crippen molar-refractivity contribution in [3.05, 3.63) is 23.3 Å². The van der Waals surface area contributed by atoms with E-state index in [1.54, 1.807) is 30.9 Å². The van der Waals surface area contributed by atoms with Crippen molar-refractivity contribution in [1.82, 2.24) is 15.1 Å². The van der Waals surface area contributed by atoms with E-state index in [9.17, 15) is 24.3 Å². The van der Waals surface area contributed by atoms with Crippen LogP contribution in [0, 0.1) is 29.6 Å². The maximum absolute atomic E-state index is 13.9. The molecule has 2 aliphatic rings. The van der Waals surface area contributed by atoms with E-state index in [2.05, 4.69) is 45.2 Å². The third kappa shape index (κ3) is 10.1. The van der Waals surface area contributed by atoms with E-state index in [1.165, 1.54) is 12.7 Å².